The van der Waals surface area contributed by atoms with E-state index in [0.29, 0.717) is 16.4 Å². The minimum atomic E-state index is -0.0714. The maximum Gasteiger partial charge on any atom is 0.189 e. The van der Waals surface area contributed by atoms with Gasteiger partial charge in [0.1, 0.15) is 11.5 Å². The van der Waals surface area contributed by atoms with Crippen molar-refractivity contribution in [1.29, 1.82) is 0 Å². The van der Waals surface area contributed by atoms with Gasteiger partial charge in [-0.25, -0.2) is 0 Å². The highest BCUT2D eigenvalue weighted by atomic mass is 32.1. The van der Waals surface area contributed by atoms with Crippen LogP contribution in [0.4, 0.5) is 5.69 Å². The van der Waals surface area contributed by atoms with E-state index >= 15 is 0 Å². The molecule has 0 aliphatic heterocycles. The number of nitrogens with one attached hydrogen (secondary N) is 3. The van der Waals surface area contributed by atoms with Crippen molar-refractivity contribution < 1.29 is 10.2 Å². The second-order valence-electron chi connectivity index (χ2n) is 5.15. The number of anilines is 1. The normalized spacial score (nSPS) is 10.0. The van der Waals surface area contributed by atoms with Crippen LogP contribution in [0.2, 0.25) is 0 Å². The van der Waals surface area contributed by atoms with Crippen LogP contribution in [0.15, 0.2) is 43.0 Å². The molecule has 0 fully saturated rings. The van der Waals surface area contributed by atoms with Gasteiger partial charge in [0.15, 0.2) is 5.11 Å². The van der Waals surface area contributed by atoms with Crippen LogP contribution < -0.4 is 16.2 Å². The lowest BCUT2D eigenvalue weighted by Gasteiger charge is -2.17. The Labute approximate surface area is 140 Å². The summed E-state index contributed by atoms with van der Waals surface area (Å²) in [5, 5.41) is 22.6. The van der Waals surface area contributed by atoms with Crippen molar-refractivity contribution in [3.63, 3.8) is 0 Å². The first-order valence-corrected chi connectivity index (χ1v) is 7.40. The summed E-state index contributed by atoms with van der Waals surface area (Å²) in [6, 6.07) is 10.3. The first-order chi connectivity index (χ1) is 10.9. The number of thiocarbonyl (C=S) groups is 1. The Morgan fingerprint density at radius 2 is 1.70 bits per heavy atom. The van der Waals surface area contributed by atoms with Gasteiger partial charge in [0, 0.05) is 17.3 Å². The van der Waals surface area contributed by atoms with Crippen LogP contribution in [-0.2, 0) is 0 Å². The summed E-state index contributed by atoms with van der Waals surface area (Å²) in [5.74, 6) is -0.0860. The predicted octanol–water partition coefficient (Wildman–Crippen LogP) is 3.18. The lowest BCUT2D eigenvalue weighted by molar-refractivity contribution is 0.449. The zero-order valence-corrected chi connectivity index (χ0v) is 13.8. The number of benzene rings is 2. The lowest BCUT2D eigenvalue weighted by Crippen LogP contribution is -2.39. The minimum absolute atomic E-state index is 0.0146. The summed E-state index contributed by atoms with van der Waals surface area (Å²) < 4.78 is 0. The largest absolute Gasteiger partial charge is 0.508 e. The van der Waals surface area contributed by atoms with Crippen LogP contribution in [0, 0.1) is 13.8 Å². The number of rotatable bonds is 4. The van der Waals surface area contributed by atoms with Gasteiger partial charge < -0.3 is 15.5 Å². The number of hydrogen-bond acceptors (Lipinski definition) is 4. The Hall–Kier alpha value is -2.73. The van der Waals surface area contributed by atoms with Gasteiger partial charge in [0.2, 0.25) is 0 Å². The van der Waals surface area contributed by atoms with E-state index in [0.717, 1.165) is 16.8 Å². The summed E-state index contributed by atoms with van der Waals surface area (Å²) in [7, 11) is 0. The third-order valence-electron chi connectivity index (χ3n) is 3.35. The summed E-state index contributed by atoms with van der Waals surface area (Å²) >= 11 is 5.25. The molecule has 0 saturated carbocycles. The minimum Gasteiger partial charge on any atom is -0.508 e. The molecule has 5 N–H and O–H groups in total. The van der Waals surface area contributed by atoms with E-state index in [1.165, 1.54) is 12.1 Å². The maximum atomic E-state index is 9.80. The smallest absolute Gasteiger partial charge is 0.189 e. The van der Waals surface area contributed by atoms with Crippen molar-refractivity contribution in [3.8, 4) is 11.5 Å². The van der Waals surface area contributed by atoms with Crippen LogP contribution in [0.5, 0.6) is 11.5 Å². The molecule has 0 amide bonds. The van der Waals surface area contributed by atoms with Crippen molar-refractivity contribution in [2.45, 2.75) is 13.8 Å². The van der Waals surface area contributed by atoms with Gasteiger partial charge in [-0.05, 0) is 49.3 Å². The number of aryl methyl sites for hydroxylation is 2. The van der Waals surface area contributed by atoms with Crippen LogP contribution in [-0.4, -0.2) is 15.3 Å². The number of hydrazine groups is 1. The van der Waals surface area contributed by atoms with Crippen LogP contribution in [0.25, 0.3) is 5.70 Å². The van der Waals surface area contributed by atoms with Gasteiger partial charge in [-0.3, -0.25) is 10.9 Å². The average Bonchev–Trinajstić information content (AvgIpc) is 2.49. The fraction of sp³-hybridized carbons (Fsp3) is 0.118. The van der Waals surface area contributed by atoms with Crippen molar-refractivity contribution in [2.24, 2.45) is 0 Å². The third kappa shape index (κ3) is 4.14. The van der Waals surface area contributed by atoms with Crippen LogP contribution in [0.3, 0.4) is 0 Å². The summed E-state index contributed by atoms with van der Waals surface area (Å²) in [4.78, 5) is 0. The highest BCUT2D eigenvalue weighted by molar-refractivity contribution is 7.80. The topological polar surface area (TPSA) is 76.5 Å². The van der Waals surface area contributed by atoms with Gasteiger partial charge in [-0.1, -0.05) is 24.8 Å². The zero-order valence-electron chi connectivity index (χ0n) is 13.0. The van der Waals surface area contributed by atoms with Crippen LogP contribution >= 0.6 is 12.2 Å². The molecule has 0 bridgehead atoms. The molecular formula is C17H19N3O2S. The Morgan fingerprint density at radius 3 is 2.30 bits per heavy atom. The quantitative estimate of drug-likeness (QED) is 0.438. The molecule has 2 aromatic rings. The molecule has 0 aliphatic rings. The first-order valence-electron chi connectivity index (χ1n) is 6.99. The van der Waals surface area contributed by atoms with Crippen molar-refractivity contribution in [1.82, 2.24) is 10.9 Å². The van der Waals surface area contributed by atoms with Crippen LogP contribution in [0.1, 0.15) is 16.7 Å². The molecule has 0 aromatic heterocycles. The molecule has 0 saturated heterocycles. The summed E-state index contributed by atoms with van der Waals surface area (Å²) in [5.41, 5.74) is 9.66. The molecule has 0 unspecified atom stereocenters. The molecule has 0 radical (unpaired) electrons. The predicted molar refractivity (Wildman–Crippen MR) is 97.2 cm³/mol. The van der Waals surface area contributed by atoms with E-state index in [9.17, 15) is 10.2 Å². The Balaban J connectivity index is 1.98. The van der Waals surface area contributed by atoms with E-state index < -0.39 is 0 Å². The second kappa shape index (κ2) is 7.02. The lowest BCUT2D eigenvalue weighted by atomic mass is 10.1. The van der Waals surface area contributed by atoms with Gasteiger partial charge in [-0.2, -0.15) is 0 Å². The molecule has 5 nitrogen and oxygen atoms in total. The number of phenolic OH excluding ortho intramolecular Hbond substituents is 2. The van der Waals surface area contributed by atoms with Crippen molar-refractivity contribution in [3.05, 3.63) is 59.7 Å². The fourth-order valence-corrected chi connectivity index (χ4v) is 2.28. The number of phenols is 2. The number of hydrogen-bond donors (Lipinski definition) is 5. The van der Waals surface area contributed by atoms with E-state index in [1.807, 2.05) is 32.0 Å². The molecule has 0 atom stereocenters. The molecule has 0 spiro atoms. The van der Waals surface area contributed by atoms with E-state index in [1.54, 1.807) is 6.07 Å². The third-order valence-corrected chi connectivity index (χ3v) is 3.56. The molecule has 120 valence electrons. The maximum absolute atomic E-state index is 9.80. The van der Waals surface area contributed by atoms with Gasteiger partial charge in [0.05, 0.1) is 5.70 Å². The van der Waals surface area contributed by atoms with Gasteiger partial charge >= 0.3 is 0 Å². The SMILES string of the molecule is C=C(NNC(=S)Nc1c(C)cccc1C)c1ccc(O)cc1O. The summed E-state index contributed by atoms with van der Waals surface area (Å²) in [6.45, 7) is 7.82. The molecule has 0 heterocycles. The number of aromatic hydroxyl groups is 2. The van der Waals surface area contributed by atoms with Crippen molar-refractivity contribution in [2.75, 3.05) is 5.32 Å². The molecule has 2 aromatic carbocycles. The summed E-state index contributed by atoms with van der Waals surface area (Å²) in [6.07, 6.45) is 0. The van der Waals surface area contributed by atoms with E-state index in [-0.39, 0.29) is 11.5 Å². The highest BCUT2D eigenvalue weighted by Gasteiger charge is 2.08. The Morgan fingerprint density at radius 1 is 1.04 bits per heavy atom. The monoisotopic (exact) mass is 329 g/mol. The Bertz CT molecular complexity index is 739. The molecule has 23 heavy (non-hydrogen) atoms. The second-order valence-corrected chi connectivity index (χ2v) is 5.56. The van der Waals surface area contributed by atoms with Gasteiger partial charge in [-0.15, -0.1) is 0 Å². The molecule has 2 rings (SSSR count). The highest BCUT2D eigenvalue weighted by Crippen LogP contribution is 2.26. The first kappa shape index (κ1) is 16.6. The van der Waals surface area contributed by atoms with Gasteiger partial charge in [0.25, 0.3) is 0 Å². The number of para-hydroxylation sites is 1. The van der Waals surface area contributed by atoms with E-state index in [4.69, 9.17) is 12.2 Å². The molecule has 6 heteroatoms. The average molecular weight is 329 g/mol. The van der Waals surface area contributed by atoms with E-state index in [2.05, 4.69) is 22.7 Å². The van der Waals surface area contributed by atoms with Crippen molar-refractivity contribution >= 4 is 28.7 Å². The molecule has 0 aliphatic carbocycles. The standard InChI is InChI=1S/C17H19N3O2S/c1-10-5-4-6-11(2)16(10)18-17(23)20-19-12(3)14-8-7-13(21)9-15(14)22/h4-9,19,21-22H,3H2,1-2H3,(H2,18,20,23). The zero-order chi connectivity index (χ0) is 17.0. The molecular weight excluding hydrogens is 310 g/mol. The Kier molecular flexibility index (Phi) is 5.08. The fourth-order valence-electron chi connectivity index (χ4n) is 2.13.